The molecule has 4 aromatic rings. The van der Waals surface area contributed by atoms with Gasteiger partial charge in [-0.25, -0.2) is 4.98 Å². The second-order valence-electron chi connectivity index (χ2n) is 7.10. The highest BCUT2D eigenvalue weighted by Gasteiger charge is 2.08. The number of benzene rings is 3. The van der Waals surface area contributed by atoms with E-state index in [4.69, 9.17) is 16.3 Å². The van der Waals surface area contributed by atoms with Crippen molar-refractivity contribution in [2.24, 2.45) is 0 Å². The number of carbonyl (C=O) groups excluding carboxylic acids is 1. The van der Waals surface area contributed by atoms with Crippen molar-refractivity contribution in [3.05, 3.63) is 113 Å². The Morgan fingerprint density at radius 2 is 1.87 bits per heavy atom. The molecule has 1 N–H and O–H groups in total. The van der Waals surface area contributed by atoms with Crippen molar-refractivity contribution < 1.29 is 9.53 Å². The molecule has 0 aliphatic carbocycles. The average molecular weight is 432 g/mol. The van der Waals surface area contributed by atoms with Crippen LogP contribution in [-0.4, -0.2) is 15.5 Å². The molecule has 0 atom stereocenters. The van der Waals surface area contributed by atoms with E-state index < -0.39 is 0 Å². The first kappa shape index (κ1) is 20.7. The molecule has 156 valence electrons. The minimum atomic E-state index is -0.155. The fraction of sp³-hybridized carbons (Fsp3) is 0.120. The lowest BCUT2D eigenvalue weighted by molar-refractivity contribution is 0.0950. The van der Waals surface area contributed by atoms with Crippen LogP contribution in [0.15, 0.2) is 85.2 Å². The third kappa shape index (κ3) is 5.13. The zero-order valence-corrected chi connectivity index (χ0v) is 17.8. The number of nitrogens with one attached hydrogen (secondary N) is 1. The summed E-state index contributed by atoms with van der Waals surface area (Å²) in [5.74, 6) is 1.39. The van der Waals surface area contributed by atoms with Gasteiger partial charge in [0.05, 0.1) is 0 Å². The summed E-state index contributed by atoms with van der Waals surface area (Å²) >= 11 is 6.17. The summed E-state index contributed by atoms with van der Waals surface area (Å²) in [6, 6.07) is 22.7. The van der Waals surface area contributed by atoms with Crippen LogP contribution in [0.2, 0.25) is 5.02 Å². The number of aryl methyl sites for hydroxylation is 1. The highest BCUT2D eigenvalue weighted by Crippen LogP contribution is 2.19. The second-order valence-corrected chi connectivity index (χ2v) is 7.51. The maximum atomic E-state index is 12.6. The minimum absolute atomic E-state index is 0.155. The average Bonchev–Trinajstić information content (AvgIpc) is 3.23. The zero-order chi connectivity index (χ0) is 21.6. The van der Waals surface area contributed by atoms with Crippen LogP contribution in [0.5, 0.6) is 5.75 Å². The maximum Gasteiger partial charge on any atom is 0.251 e. The molecule has 0 radical (unpaired) electrons. The Bertz CT molecular complexity index is 1190. The number of amides is 1. The Hall–Kier alpha value is -3.57. The molecule has 0 spiro atoms. The summed E-state index contributed by atoms with van der Waals surface area (Å²) in [6.07, 6.45) is 3.70. The number of hydrogen-bond acceptors (Lipinski definition) is 3. The molecule has 0 saturated heterocycles. The molecule has 0 bridgehead atoms. The molecule has 31 heavy (non-hydrogen) atoms. The Labute approximate surface area is 186 Å². The van der Waals surface area contributed by atoms with Gasteiger partial charge in [-0.1, -0.05) is 48.0 Å². The predicted molar refractivity (Wildman–Crippen MR) is 122 cm³/mol. The number of rotatable bonds is 7. The smallest absolute Gasteiger partial charge is 0.251 e. The molecule has 3 aromatic carbocycles. The van der Waals surface area contributed by atoms with Crippen LogP contribution in [-0.2, 0) is 13.2 Å². The fourth-order valence-corrected chi connectivity index (χ4v) is 3.40. The van der Waals surface area contributed by atoms with Crippen molar-refractivity contribution in [3.8, 4) is 11.4 Å². The third-order valence-electron chi connectivity index (χ3n) is 4.94. The summed E-state index contributed by atoms with van der Waals surface area (Å²) in [7, 11) is 0. The van der Waals surface area contributed by atoms with E-state index in [-0.39, 0.29) is 5.91 Å². The van der Waals surface area contributed by atoms with Gasteiger partial charge in [0.2, 0.25) is 0 Å². The maximum absolute atomic E-state index is 12.6. The van der Waals surface area contributed by atoms with Gasteiger partial charge in [0.1, 0.15) is 18.2 Å². The molecule has 0 aliphatic rings. The minimum Gasteiger partial charge on any atom is -0.489 e. The van der Waals surface area contributed by atoms with Crippen LogP contribution < -0.4 is 10.1 Å². The summed E-state index contributed by atoms with van der Waals surface area (Å²) in [6.45, 7) is 2.74. The summed E-state index contributed by atoms with van der Waals surface area (Å²) in [5.41, 5.74) is 3.49. The molecular weight excluding hydrogens is 410 g/mol. The normalized spacial score (nSPS) is 10.6. The van der Waals surface area contributed by atoms with Crippen molar-refractivity contribution in [1.29, 1.82) is 0 Å². The van der Waals surface area contributed by atoms with E-state index in [1.807, 2.05) is 72.3 Å². The van der Waals surface area contributed by atoms with Gasteiger partial charge in [0.15, 0.2) is 0 Å². The van der Waals surface area contributed by atoms with Crippen LogP contribution in [0.3, 0.4) is 0 Å². The first-order valence-corrected chi connectivity index (χ1v) is 10.3. The molecule has 0 saturated carbocycles. The highest BCUT2D eigenvalue weighted by atomic mass is 35.5. The Kier molecular flexibility index (Phi) is 6.34. The van der Waals surface area contributed by atoms with Crippen LogP contribution in [0, 0.1) is 6.92 Å². The monoisotopic (exact) mass is 431 g/mol. The van der Waals surface area contributed by atoms with Gasteiger partial charge in [-0.2, -0.15) is 0 Å². The van der Waals surface area contributed by atoms with Crippen molar-refractivity contribution in [2.45, 2.75) is 20.1 Å². The molecule has 0 aliphatic heterocycles. The lowest BCUT2D eigenvalue weighted by Gasteiger charge is -2.10. The summed E-state index contributed by atoms with van der Waals surface area (Å²) in [4.78, 5) is 16.8. The SMILES string of the molecule is Cc1nccn1-c1ccc(CNC(=O)c2cccc(OCc3ccccc3Cl)c2)cc1. The van der Waals surface area contributed by atoms with Crippen LogP contribution in [0.25, 0.3) is 5.69 Å². The first-order valence-electron chi connectivity index (χ1n) is 9.94. The number of nitrogens with zero attached hydrogens (tertiary/aromatic N) is 2. The molecule has 1 amide bonds. The molecule has 6 heteroatoms. The van der Waals surface area contributed by atoms with E-state index in [0.717, 1.165) is 22.6 Å². The van der Waals surface area contributed by atoms with E-state index in [9.17, 15) is 4.79 Å². The number of ether oxygens (including phenoxy) is 1. The summed E-state index contributed by atoms with van der Waals surface area (Å²) < 4.78 is 7.82. The van der Waals surface area contributed by atoms with Crippen molar-refractivity contribution >= 4 is 17.5 Å². The number of imidazole rings is 1. The highest BCUT2D eigenvalue weighted by molar-refractivity contribution is 6.31. The fourth-order valence-electron chi connectivity index (χ4n) is 3.21. The number of hydrogen-bond donors (Lipinski definition) is 1. The molecular formula is C25H22ClN3O2. The van der Waals surface area contributed by atoms with Gasteiger partial charge < -0.3 is 14.6 Å². The third-order valence-corrected chi connectivity index (χ3v) is 5.31. The van der Waals surface area contributed by atoms with E-state index in [1.54, 1.807) is 24.4 Å². The lowest BCUT2D eigenvalue weighted by Crippen LogP contribution is -2.22. The van der Waals surface area contributed by atoms with Gasteiger partial charge in [-0.3, -0.25) is 4.79 Å². The number of carbonyl (C=O) groups is 1. The molecule has 0 fully saturated rings. The second kappa shape index (κ2) is 9.49. The first-order chi connectivity index (χ1) is 15.1. The van der Waals surface area contributed by atoms with Gasteiger partial charge in [-0.05, 0) is 48.9 Å². The van der Waals surface area contributed by atoms with E-state index in [1.165, 1.54) is 0 Å². The Morgan fingerprint density at radius 3 is 2.61 bits per heavy atom. The van der Waals surface area contributed by atoms with Crippen LogP contribution in [0.4, 0.5) is 0 Å². The van der Waals surface area contributed by atoms with E-state index in [2.05, 4.69) is 10.3 Å². The van der Waals surface area contributed by atoms with Gasteiger partial charge in [0, 0.05) is 40.8 Å². The molecule has 4 rings (SSSR count). The van der Waals surface area contributed by atoms with Crippen LogP contribution >= 0.6 is 11.6 Å². The molecule has 1 heterocycles. The number of halogens is 1. The lowest BCUT2D eigenvalue weighted by atomic mass is 10.1. The topological polar surface area (TPSA) is 56.2 Å². The van der Waals surface area contributed by atoms with Crippen molar-refractivity contribution in [2.75, 3.05) is 0 Å². The largest absolute Gasteiger partial charge is 0.489 e. The van der Waals surface area contributed by atoms with Gasteiger partial charge in [0.25, 0.3) is 5.91 Å². The zero-order valence-electron chi connectivity index (χ0n) is 17.1. The standard InChI is InChI=1S/C25H22ClN3O2/c1-18-27-13-14-29(18)22-11-9-19(10-12-22)16-28-25(30)20-6-4-7-23(15-20)31-17-21-5-2-3-8-24(21)26/h2-15H,16-17H2,1H3,(H,28,30). The molecule has 5 nitrogen and oxygen atoms in total. The van der Waals surface area contributed by atoms with E-state index in [0.29, 0.717) is 29.5 Å². The quantitative estimate of drug-likeness (QED) is 0.429. The number of aromatic nitrogens is 2. The Morgan fingerprint density at radius 1 is 1.06 bits per heavy atom. The van der Waals surface area contributed by atoms with Gasteiger partial charge in [-0.15, -0.1) is 0 Å². The van der Waals surface area contributed by atoms with Crippen molar-refractivity contribution in [3.63, 3.8) is 0 Å². The van der Waals surface area contributed by atoms with Crippen LogP contribution in [0.1, 0.15) is 27.3 Å². The van der Waals surface area contributed by atoms with Gasteiger partial charge >= 0.3 is 0 Å². The van der Waals surface area contributed by atoms with Crippen molar-refractivity contribution in [1.82, 2.24) is 14.9 Å². The van der Waals surface area contributed by atoms with E-state index >= 15 is 0 Å². The molecule has 0 unspecified atom stereocenters. The summed E-state index contributed by atoms with van der Waals surface area (Å²) in [5, 5.41) is 3.61. The molecule has 1 aromatic heterocycles. The predicted octanol–water partition coefficient (Wildman–Crippen LogP) is 5.34. The Balaban J connectivity index is 1.35.